The van der Waals surface area contributed by atoms with Crippen molar-refractivity contribution in [1.29, 1.82) is 0 Å². The quantitative estimate of drug-likeness (QED) is 0.612. The molecule has 7 heteroatoms. The summed E-state index contributed by atoms with van der Waals surface area (Å²) >= 11 is 0. The van der Waals surface area contributed by atoms with Crippen molar-refractivity contribution in [2.45, 2.75) is 33.2 Å². The second-order valence-corrected chi connectivity index (χ2v) is 7.60. The smallest absolute Gasteiger partial charge is 0.322 e. The van der Waals surface area contributed by atoms with E-state index in [2.05, 4.69) is 15.5 Å². The van der Waals surface area contributed by atoms with Crippen LogP contribution in [-0.4, -0.2) is 34.7 Å². The van der Waals surface area contributed by atoms with Gasteiger partial charge in [0.15, 0.2) is 0 Å². The lowest BCUT2D eigenvalue weighted by Gasteiger charge is -2.35. The summed E-state index contributed by atoms with van der Waals surface area (Å²) in [5.41, 5.74) is 4.53. The summed E-state index contributed by atoms with van der Waals surface area (Å²) in [4.78, 5) is 19.2. The van der Waals surface area contributed by atoms with Crippen LogP contribution in [0, 0.1) is 6.92 Å². The monoisotopic (exact) mass is 418 g/mol. The molecule has 0 radical (unpaired) electrons. The molecule has 0 saturated heterocycles. The Morgan fingerprint density at radius 3 is 2.61 bits per heavy atom. The Labute approximate surface area is 181 Å². The Morgan fingerprint density at radius 1 is 1.16 bits per heavy atom. The van der Waals surface area contributed by atoms with Crippen LogP contribution in [0.1, 0.15) is 43.3 Å². The molecule has 0 spiro atoms. The molecule has 0 fully saturated rings. The summed E-state index contributed by atoms with van der Waals surface area (Å²) in [5, 5.41) is 7.31. The van der Waals surface area contributed by atoms with Gasteiger partial charge in [-0.1, -0.05) is 48.0 Å². The number of nitrogens with zero attached hydrogens (tertiary/aromatic N) is 3. The lowest BCUT2D eigenvalue weighted by Crippen LogP contribution is -2.46. The van der Waals surface area contributed by atoms with Gasteiger partial charge in [-0.3, -0.25) is 4.90 Å². The van der Waals surface area contributed by atoms with E-state index in [0.717, 1.165) is 40.1 Å². The van der Waals surface area contributed by atoms with Gasteiger partial charge in [-0.15, -0.1) is 0 Å². The van der Waals surface area contributed by atoms with E-state index in [1.54, 1.807) is 12.0 Å². The lowest BCUT2D eigenvalue weighted by molar-refractivity contribution is 0.205. The van der Waals surface area contributed by atoms with Gasteiger partial charge in [-0.2, -0.15) is 4.98 Å². The second kappa shape index (κ2) is 8.63. The maximum atomic E-state index is 12.8. The largest absolute Gasteiger partial charge is 0.497 e. The first-order valence-electron chi connectivity index (χ1n) is 10.4. The number of methoxy groups -OCH3 is 1. The van der Waals surface area contributed by atoms with Gasteiger partial charge in [0.2, 0.25) is 5.82 Å². The molecule has 1 aliphatic rings. The highest BCUT2D eigenvalue weighted by atomic mass is 16.5. The molecule has 0 saturated carbocycles. The van der Waals surface area contributed by atoms with Crippen LogP contribution in [-0.2, 0) is 0 Å². The third-order valence-electron chi connectivity index (χ3n) is 5.43. The van der Waals surface area contributed by atoms with Crippen molar-refractivity contribution in [3.8, 4) is 17.1 Å². The summed E-state index contributed by atoms with van der Waals surface area (Å²) in [6, 6.07) is 15.0. The van der Waals surface area contributed by atoms with E-state index in [4.69, 9.17) is 9.26 Å². The SMILES string of the molecule is CCCN1C(=O)NC(c2ccc(OC)cc2)C(c2nc(-c3cccc(C)c3)no2)=C1C. The number of carbonyl (C=O) groups is 1. The van der Waals surface area contributed by atoms with Crippen molar-refractivity contribution in [3.63, 3.8) is 0 Å². The minimum absolute atomic E-state index is 0.137. The van der Waals surface area contributed by atoms with E-state index in [1.165, 1.54) is 0 Å². The number of hydrogen-bond donors (Lipinski definition) is 1. The van der Waals surface area contributed by atoms with Gasteiger partial charge in [0.1, 0.15) is 5.75 Å². The summed E-state index contributed by atoms with van der Waals surface area (Å²) in [6.07, 6.45) is 0.837. The zero-order chi connectivity index (χ0) is 22.0. The molecule has 3 aromatic rings. The maximum Gasteiger partial charge on any atom is 0.322 e. The van der Waals surface area contributed by atoms with Crippen LogP contribution in [0.25, 0.3) is 17.0 Å². The number of urea groups is 1. The first-order valence-corrected chi connectivity index (χ1v) is 10.4. The standard InChI is InChI=1S/C24H26N4O3/c1-5-13-28-16(3)20(21(25-24(28)29)17-9-11-19(30-4)12-10-17)23-26-22(27-31-23)18-8-6-7-15(2)14-18/h6-12,14,21H,5,13H2,1-4H3,(H,25,29). The molecular formula is C24H26N4O3. The van der Waals surface area contributed by atoms with Crippen molar-refractivity contribution in [1.82, 2.24) is 20.4 Å². The molecule has 2 amide bonds. The van der Waals surface area contributed by atoms with Crippen molar-refractivity contribution in [2.24, 2.45) is 0 Å². The molecule has 7 nitrogen and oxygen atoms in total. The molecule has 1 unspecified atom stereocenters. The van der Waals surface area contributed by atoms with Gasteiger partial charge < -0.3 is 14.6 Å². The predicted octanol–water partition coefficient (Wildman–Crippen LogP) is 4.96. The predicted molar refractivity (Wildman–Crippen MR) is 118 cm³/mol. The van der Waals surface area contributed by atoms with E-state index in [0.29, 0.717) is 18.3 Å². The van der Waals surface area contributed by atoms with Crippen LogP contribution in [0.5, 0.6) is 5.75 Å². The number of aryl methyl sites for hydroxylation is 1. The van der Waals surface area contributed by atoms with E-state index in [9.17, 15) is 4.79 Å². The summed E-state index contributed by atoms with van der Waals surface area (Å²) in [6.45, 7) is 6.60. The number of aromatic nitrogens is 2. The number of hydrogen-bond acceptors (Lipinski definition) is 5. The fourth-order valence-electron chi connectivity index (χ4n) is 3.83. The summed E-state index contributed by atoms with van der Waals surface area (Å²) in [5.74, 6) is 1.67. The molecule has 160 valence electrons. The minimum Gasteiger partial charge on any atom is -0.497 e. The van der Waals surface area contributed by atoms with Crippen LogP contribution in [0.2, 0.25) is 0 Å². The van der Waals surface area contributed by atoms with Crippen LogP contribution in [0.3, 0.4) is 0 Å². The number of nitrogens with one attached hydrogen (secondary N) is 1. The zero-order valence-corrected chi connectivity index (χ0v) is 18.2. The molecule has 1 atom stereocenters. The highest BCUT2D eigenvalue weighted by Gasteiger charge is 2.35. The Balaban J connectivity index is 1.80. The minimum atomic E-state index is -0.405. The Morgan fingerprint density at radius 2 is 1.94 bits per heavy atom. The van der Waals surface area contributed by atoms with E-state index in [-0.39, 0.29) is 6.03 Å². The van der Waals surface area contributed by atoms with Crippen molar-refractivity contribution < 1.29 is 14.1 Å². The maximum absolute atomic E-state index is 12.8. The van der Waals surface area contributed by atoms with Crippen LogP contribution in [0.4, 0.5) is 4.79 Å². The van der Waals surface area contributed by atoms with E-state index < -0.39 is 6.04 Å². The first-order chi connectivity index (χ1) is 15.0. The second-order valence-electron chi connectivity index (χ2n) is 7.60. The van der Waals surface area contributed by atoms with Gasteiger partial charge in [-0.25, -0.2) is 4.79 Å². The molecule has 0 bridgehead atoms. The molecule has 31 heavy (non-hydrogen) atoms. The molecule has 1 aromatic heterocycles. The van der Waals surface area contributed by atoms with Crippen LogP contribution in [0.15, 0.2) is 58.8 Å². The fourth-order valence-corrected chi connectivity index (χ4v) is 3.83. The third kappa shape index (κ3) is 4.03. The van der Waals surface area contributed by atoms with Crippen LogP contribution >= 0.6 is 0 Å². The zero-order valence-electron chi connectivity index (χ0n) is 18.2. The van der Waals surface area contributed by atoms with Gasteiger partial charge in [0.25, 0.3) is 5.89 Å². The highest BCUT2D eigenvalue weighted by molar-refractivity contribution is 5.86. The highest BCUT2D eigenvalue weighted by Crippen LogP contribution is 2.37. The van der Waals surface area contributed by atoms with Crippen molar-refractivity contribution >= 4 is 11.6 Å². The number of carbonyl (C=O) groups excluding carboxylic acids is 1. The summed E-state index contributed by atoms with van der Waals surface area (Å²) < 4.78 is 11.0. The van der Waals surface area contributed by atoms with Crippen molar-refractivity contribution in [2.75, 3.05) is 13.7 Å². The molecule has 2 aromatic carbocycles. The topological polar surface area (TPSA) is 80.5 Å². The average Bonchev–Trinajstić information content (AvgIpc) is 3.26. The Bertz CT molecular complexity index is 1120. The molecule has 2 heterocycles. The number of rotatable bonds is 6. The lowest BCUT2D eigenvalue weighted by atomic mass is 9.94. The third-order valence-corrected chi connectivity index (χ3v) is 5.43. The number of benzene rings is 2. The first kappa shape index (κ1) is 20.7. The van der Waals surface area contributed by atoms with E-state index >= 15 is 0 Å². The average molecular weight is 418 g/mol. The van der Waals surface area contributed by atoms with Crippen LogP contribution < -0.4 is 10.1 Å². The summed E-state index contributed by atoms with van der Waals surface area (Å²) in [7, 11) is 1.63. The number of amides is 2. The normalized spacial score (nSPS) is 16.5. The molecule has 0 aliphatic carbocycles. The van der Waals surface area contributed by atoms with Gasteiger partial charge in [-0.05, 0) is 44.0 Å². The molecule has 1 N–H and O–H groups in total. The number of allylic oxidation sites excluding steroid dienone is 1. The molecule has 1 aliphatic heterocycles. The molecule has 4 rings (SSSR count). The Hall–Kier alpha value is -3.61. The van der Waals surface area contributed by atoms with E-state index in [1.807, 2.05) is 69.3 Å². The van der Waals surface area contributed by atoms with Gasteiger partial charge in [0.05, 0.1) is 18.7 Å². The fraction of sp³-hybridized carbons (Fsp3) is 0.292. The molecular weight excluding hydrogens is 392 g/mol. The van der Waals surface area contributed by atoms with Gasteiger partial charge in [0, 0.05) is 17.8 Å². The Kier molecular flexibility index (Phi) is 5.75. The van der Waals surface area contributed by atoms with Crippen molar-refractivity contribution in [3.05, 3.63) is 71.2 Å². The van der Waals surface area contributed by atoms with Gasteiger partial charge >= 0.3 is 6.03 Å². The number of ether oxygens (including phenoxy) is 1.